The Balaban J connectivity index is 2.31. The van der Waals surface area contributed by atoms with Gasteiger partial charge in [0.2, 0.25) is 0 Å². The minimum absolute atomic E-state index is 0.223. The highest BCUT2D eigenvalue weighted by Crippen LogP contribution is 2.39. The molecule has 0 aliphatic rings. The lowest BCUT2D eigenvalue weighted by Crippen LogP contribution is -2.25. The first kappa shape index (κ1) is 22.3. The number of nitrogens with one attached hydrogen (secondary N) is 1. The summed E-state index contributed by atoms with van der Waals surface area (Å²) in [6, 6.07) is 19.0. The van der Waals surface area contributed by atoms with Crippen molar-refractivity contribution in [3.05, 3.63) is 72.1 Å². The van der Waals surface area contributed by atoms with E-state index in [1.54, 1.807) is 0 Å². The van der Waals surface area contributed by atoms with E-state index in [9.17, 15) is 9.59 Å². The van der Waals surface area contributed by atoms with Crippen molar-refractivity contribution < 1.29 is 19.1 Å². The molecule has 0 aliphatic heterocycles. The van der Waals surface area contributed by atoms with Gasteiger partial charge in [0.25, 0.3) is 0 Å². The molecule has 1 heterocycles. The van der Waals surface area contributed by atoms with Crippen LogP contribution in [0.3, 0.4) is 0 Å². The van der Waals surface area contributed by atoms with Crippen molar-refractivity contribution in [3.63, 3.8) is 0 Å². The molecule has 1 N–H and O–H groups in total. The van der Waals surface area contributed by atoms with Crippen LogP contribution in [0.2, 0.25) is 0 Å². The minimum atomic E-state index is -0.685. The van der Waals surface area contributed by atoms with Crippen molar-refractivity contribution in [2.45, 2.75) is 52.7 Å². The summed E-state index contributed by atoms with van der Waals surface area (Å²) in [5.74, 6) is -1.06. The Bertz CT molecular complexity index is 982. The second kappa shape index (κ2) is 8.42. The number of ether oxygens (including phenoxy) is 2. The predicted octanol–water partition coefficient (Wildman–Crippen LogP) is 6.26. The summed E-state index contributed by atoms with van der Waals surface area (Å²) < 4.78 is 11.3. The van der Waals surface area contributed by atoms with Gasteiger partial charge in [0, 0.05) is 11.1 Å². The zero-order chi connectivity index (χ0) is 22.8. The number of carbonyl (C=O) groups excluding carboxylic acids is 2. The molecule has 0 atom stereocenters. The number of carbonyl (C=O) groups is 2. The molecule has 0 amide bonds. The maximum atomic E-state index is 13.2. The largest absolute Gasteiger partial charge is 0.455 e. The Labute approximate surface area is 183 Å². The number of rotatable bonds is 4. The normalized spacial score (nSPS) is 11.8. The number of aromatic nitrogens is 1. The minimum Gasteiger partial charge on any atom is -0.455 e. The van der Waals surface area contributed by atoms with Gasteiger partial charge in [0.1, 0.15) is 22.6 Å². The first-order valence-electron chi connectivity index (χ1n) is 10.3. The summed E-state index contributed by atoms with van der Waals surface area (Å²) in [5.41, 5.74) is 1.90. The molecule has 5 heteroatoms. The summed E-state index contributed by atoms with van der Waals surface area (Å²) in [6.07, 6.45) is 0. The Morgan fingerprint density at radius 1 is 0.613 bits per heavy atom. The Morgan fingerprint density at radius 2 is 0.935 bits per heavy atom. The highest BCUT2D eigenvalue weighted by atomic mass is 16.6. The van der Waals surface area contributed by atoms with Crippen molar-refractivity contribution >= 4 is 11.9 Å². The van der Waals surface area contributed by atoms with E-state index in [1.165, 1.54) is 0 Å². The van der Waals surface area contributed by atoms with Gasteiger partial charge in [-0.05, 0) is 52.7 Å². The fourth-order valence-corrected chi connectivity index (χ4v) is 3.25. The van der Waals surface area contributed by atoms with Gasteiger partial charge < -0.3 is 14.5 Å². The van der Waals surface area contributed by atoms with Crippen LogP contribution in [0.15, 0.2) is 60.7 Å². The molecule has 5 nitrogen and oxygen atoms in total. The van der Waals surface area contributed by atoms with Crippen LogP contribution in [0, 0.1) is 0 Å². The number of esters is 2. The maximum absolute atomic E-state index is 13.2. The number of hydrogen-bond donors (Lipinski definition) is 1. The Kier molecular flexibility index (Phi) is 6.07. The number of benzene rings is 2. The van der Waals surface area contributed by atoms with Gasteiger partial charge >= 0.3 is 11.9 Å². The average molecular weight is 420 g/mol. The summed E-state index contributed by atoms with van der Waals surface area (Å²) in [5, 5.41) is 0. The van der Waals surface area contributed by atoms with Crippen LogP contribution < -0.4 is 0 Å². The first-order chi connectivity index (χ1) is 14.5. The number of aromatic amines is 1. The lowest BCUT2D eigenvalue weighted by atomic mass is 9.94. The predicted molar refractivity (Wildman–Crippen MR) is 122 cm³/mol. The van der Waals surface area contributed by atoms with E-state index in [0.29, 0.717) is 11.1 Å². The standard InChI is InChI=1S/C26H29NO4/c1-25(2,3)30-23(28)21-19(17-13-9-7-10-14-17)20(18-15-11-8-12-16-18)22(27-21)24(29)31-26(4,5)6/h7-16,27H,1-6H3. The molecular weight excluding hydrogens is 390 g/mol. The maximum Gasteiger partial charge on any atom is 0.355 e. The molecule has 3 rings (SSSR count). The zero-order valence-corrected chi connectivity index (χ0v) is 18.9. The van der Waals surface area contributed by atoms with Crippen LogP contribution in [-0.2, 0) is 9.47 Å². The van der Waals surface area contributed by atoms with Crippen molar-refractivity contribution in [1.29, 1.82) is 0 Å². The van der Waals surface area contributed by atoms with Gasteiger partial charge in [0.15, 0.2) is 0 Å². The summed E-state index contributed by atoms with van der Waals surface area (Å²) in [4.78, 5) is 29.4. The fourth-order valence-electron chi connectivity index (χ4n) is 3.25. The summed E-state index contributed by atoms with van der Waals surface area (Å²) in [7, 11) is 0. The van der Waals surface area contributed by atoms with Crippen LogP contribution in [0.1, 0.15) is 62.5 Å². The molecule has 0 aliphatic carbocycles. The van der Waals surface area contributed by atoms with E-state index in [0.717, 1.165) is 11.1 Å². The molecule has 0 unspecified atom stereocenters. The highest BCUT2D eigenvalue weighted by Gasteiger charge is 2.32. The van der Waals surface area contributed by atoms with Crippen LogP contribution in [0.5, 0.6) is 0 Å². The topological polar surface area (TPSA) is 68.4 Å². The molecule has 3 aromatic rings. The van der Waals surface area contributed by atoms with Crippen molar-refractivity contribution in [2.24, 2.45) is 0 Å². The molecule has 0 spiro atoms. The van der Waals surface area contributed by atoms with Gasteiger partial charge in [-0.15, -0.1) is 0 Å². The smallest absolute Gasteiger partial charge is 0.355 e. The van der Waals surface area contributed by atoms with Gasteiger partial charge in [0.05, 0.1) is 0 Å². The first-order valence-corrected chi connectivity index (χ1v) is 10.3. The van der Waals surface area contributed by atoms with Crippen LogP contribution in [-0.4, -0.2) is 28.1 Å². The third kappa shape index (κ3) is 5.43. The quantitative estimate of drug-likeness (QED) is 0.507. The Morgan fingerprint density at radius 3 is 1.23 bits per heavy atom. The zero-order valence-electron chi connectivity index (χ0n) is 18.9. The van der Waals surface area contributed by atoms with E-state index < -0.39 is 23.1 Å². The molecule has 1 aromatic heterocycles. The number of hydrogen-bond acceptors (Lipinski definition) is 4. The molecular formula is C26H29NO4. The Hall–Kier alpha value is -3.34. The second-order valence-electron chi connectivity index (χ2n) is 9.36. The van der Waals surface area contributed by atoms with Gasteiger partial charge in [-0.25, -0.2) is 9.59 Å². The number of H-pyrrole nitrogens is 1. The molecule has 2 aromatic carbocycles. The fraction of sp³-hybridized carbons (Fsp3) is 0.308. The van der Waals surface area contributed by atoms with Crippen molar-refractivity contribution in [1.82, 2.24) is 4.98 Å². The highest BCUT2D eigenvalue weighted by molar-refractivity contribution is 6.08. The summed E-state index contributed by atoms with van der Waals surface area (Å²) in [6.45, 7) is 10.9. The van der Waals surface area contributed by atoms with Crippen LogP contribution >= 0.6 is 0 Å². The third-order valence-corrected chi connectivity index (χ3v) is 4.33. The van der Waals surface area contributed by atoms with E-state index >= 15 is 0 Å². The SMILES string of the molecule is CC(C)(C)OC(=O)c1[nH]c(C(=O)OC(C)(C)C)c(-c2ccccc2)c1-c1ccccc1. The third-order valence-electron chi connectivity index (χ3n) is 4.33. The van der Waals surface area contributed by atoms with Gasteiger partial charge in [-0.1, -0.05) is 60.7 Å². The monoisotopic (exact) mass is 419 g/mol. The molecule has 162 valence electrons. The van der Waals surface area contributed by atoms with Crippen LogP contribution in [0.25, 0.3) is 22.3 Å². The van der Waals surface area contributed by atoms with E-state index in [4.69, 9.17) is 9.47 Å². The molecule has 0 radical (unpaired) electrons. The average Bonchev–Trinajstić information content (AvgIpc) is 3.08. The van der Waals surface area contributed by atoms with Gasteiger partial charge in [-0.3, -0.25) is 0 Å². The molecule has 31 heavy (non-hydrogen) atoms. The molecule has 0 saturated carbocycles. The van der Waals surface area contributed by atoms with Crippen molar-refractivity contribution in [2.75, 3.05) is 0 Å². The van der Waals surface area contributed by atoms with E-state index in [2.05, 4.69) is 4.98 Å². The van der Waals surface area contributed by atoms with E-state index in [-0.39, 0.29) is 11.4 Å². The van der Waals surface area contributed by atoms with Gasteiger partial charge in [-0.2, -0.15) is 0 Å². The molecule has 0 saturated heterocycles. The molecule has 0 bridgehead atoms. The van der Waals surface area contributed by atoms with Crippen molar-refractivity contribution in [3.8, 4) is 22.3 Å². The lowest BCUT2D eigenvalue weighted by molar-refractivity contribution is 0.00631. The lowest BCUT2D eigenvalue weighted by Gasteiger charge is -2.19. The van der Waals surface area contributed by atoms with E-state index in [1.807, 2.05) is 102 Å². The second-order valence-corrected chi connectivity index (χ2v) is 9.36. The molecule has 0 fully saturated rings. The van der Waals surface area contributed by atoms with Crippen LogP contribution in [0.4, 0.5) is 0 Å². The summed E-state index contributed by atoms with van der Waals surface area (Å²) >= 11 is 0.